The average Bonchev–Trinajstić information content (AvgIpc) is 2.70. The molecular formula is C21H33BFNO4. The third-order valence-corrected chi connectivity index (χ3v) is 5.11. The Morgan fingerprint density at radius 2 is 1.68 bits per heavy atom. The highest BCUT2D eigenvalue weighted by Crippen LogP contribution is 2.36. The number of carbonyl (C=O) groups is 1. The topological polar surface area (TPSA) is 48.0 Å². The SMILES string of the molecule is CC(C)N(Cc1cc(F)cc(B2OC(C)(C)C(C)(C)O2)c1)C(=O)OC(C)(C)C. The molecule has 0 radical (unpaired) electrons. The number of hydrogen-bond acceptors (Lipinski definition) is 4. The zero-order valence-electron chi connectivity index (χ0n) is 18.6. The van der Waals surface area contributed by atoms with E-state index in [0.717, 1.165) is 0 Å². The predicted molar refractivity (Wildman–Crippen MR) is 109 cm³/mol. The molecule has 0 bridgehead atoms. The summed E-state index contributed by atoms with van der Waals surface area (Å²) in [6.07, 6.45) is -0.427. The van der Waals surface area contributed by atoms with Crippen molar-refractivity contribution in [2.75, 3.05) is 0 Å². The van der Waals surface area contributed by atoms with Gasteiger partial charge in [-0.2, -0.15) is 0 Å². The maximum Gasteiger partial charge on any atom is 0.494 e. The van der Waals surface area contributed by atoms with Gasteiger partial charge >= 0.3 is 13.2 Å². The minimum absolute atomic E-state index is 0.0987. The fraction of sp³-hybridized carbons (Fsp3) is 0.667. The highest BCUT2D eigenvalue weighted by molar-refractivity contribution is 6.62. The average molecular weight is 393 g/mol. The van der Waals surface area contributed by atoms with Gasteiger partial charge in [-0.25, -0.2) is 9.18 Å². The summed E-state index contributed by atoms with van der Waals surface area (Å²) in [5, 5.41) is 0. The molecule has 0 atom stereocenters. The van der Waals surface area contributed by atoms with E-state index in [1.54, 1.807) is 4.90 Å². The Kier molecular flexibility index (Phi) is 6.22. The number of ether oxygens (including phenoxy) is 1. The molecule has 0 N–H and O–H groups in total. The van der Waals surface area contributed by atoms with E-state index >= 15 is 0 Å². The summed E-state index contributed by atoms with van der Waals surface area (Å²) in [6, 6.07) is 4.57. The van der Waals surface area contributed by atoms with E-state index in [2.05, 4.69) is 0 Å². The van der Waals surface area contributed by atoms with Crippen LogP contribution in [0.15, 0.2) is 18.2 Å². The summed E-state index contributed by atoms with van der Waals surface area (Å²) < 4.78 is 31.9. The molecular weight excluding hydrogens is 360 g/mol. The number of carbonyl (C=O) groups excluding carboxylic acids is 1. The van der Waals surface area contributed by atoms with Gasteiger partial charge in [-0.05, 0) is 85.5 Å². The second-order valence-electron chi connectivity index (χ2n) is 9.68. The van der Waals surface area contributed by atoms with Crippen LogP contribution >= 0.6 is 0 Å². The van der Waals surface area contributed by atoms with Crippen LogP contribution < -0.4 is 5.46 Å². The third-order valence-electron chi connectivity index (χ3n) is 5.11. The summed E-state index contributed by atoms with van der Waals surface area (Å²) in [4.78, 5) is 14.1. The number of amides is 1. The first-order valence-electron chi connectivity index (χ1n) is 9.76. The van der Waals surface area contributed by atoms with E-state index in [1.807, 2.05) is 68.4 Å². The van der Waals surface area contributed by atoms with Gasteiger partial charge in [0.25, 0.3) is 0 Å². The van der Waals surface area contributed by atoms with Crippen LogP contribution in [0.25, 0.3) is 0 Å². The molecule has 156 valence electrons. The van der Waals surface area contributed by atoms with Crippen molar-refractivity contribution >= 4 is 18.7 Å². The lowest BCUT2D eigenvalue weighted by Crippen LogP contribution is -2.41. The second kappa shape index (κ2) is 7.67. The molecule has 5 nitrogen and oxygen atoms in total. The van der Waals surface area contributed by atoms with Crippen molar-refractivity contribution in [3.8, 4) is 0 Å². The standard InChI is InChI=1S/C21H33BFNO4/c1-14(2)24(18(25)26-19(3,4)5)13-15-10-16(12-17(23)11-15)22-27-20(6,7)21(8,9)28-22/h10-12,14H,13H2,1-9H3. The van der Waals surface area contributed by atoms with Crippen LogP contribution in [0, 0.1) is 5.82 Å². The molecule has 0 spiro atoms. The monoisotopic (exact) mass is 393 g/mol. The van der Waals surface area contributed by atoms with Crippen LogP contribution in [0.1, 0.15) is 67.9 Å². The van der Waals surface area contributed by atoms with Crippen molar-refractivity contribution in [2.24, 2.45) is 0 Å². The van der Waals surface area contributed by atoms with E-state index in [4.69, 9.17) is 14.0 Å². The van der Waals surface area contributed by atoms with Crippen LogP contribution in [0.5, 0.6) is 0 Å². The molecule has 1 heterocycles. The molecule has 1 aromatic carbocycles. The predicted octanol–water partition coefficient (Wildman–Crippen LogP) is 4.27. The lowest BCUT2D eigenvalue weighted by Gasteiger charge is -2.32. The van der Waals surface area contributed by atoms with E-state index in [1.165, 1.54) is 12.1 Å². The van der Waals surface area contributed by atoms with Crippen LogP contribution in [-0.2, 0) is 20.6 Å². The van der Waals surface area contributed by atoms with Crippen molar-refractivity contribution in [3.63, 3.8) is 0 Å². The molecule has 7 heteroatoms. The van der Waals surface area contributed by atoms with Gasteiger partial charge < -0.3 is 18.9 Å². The van der Waals surface area contributed by atoms with Crippen molar-refractivity contribution in [3.05, 3.63) is 29.6 Å². The minimum Gasteiger partial charge on any atom is -0.444 e. The fourth-order valence-electron chi connectivity index (χ4n) is 2.86. The van der Waals surface area contributed by atoms with Gasteiger partial charge in [0.05, 0.1) is 11.2 Å². The molecule has 1 aliphatic heterocycles. The smallest absolute Gasteiger partial charge is 0.444 e. The van der Waals surface area contributed by atoms with Gasteiger partial charge in [0, 0.05) is 12.6 Å². The molecule has 2 rings (SSSR count). The fourth-order valence-corrected chi connectivity index (χ4v) is 2.86. The largest absolute Gasteiger partial charge is 0.494 e. The van der Waals surface area contributed by atoms with Crippen molar-refractivity contribution in [2.45, 2.75) is 91.7 Å². The quantitative estimate of drug-likeness (QED) is 0.717. The highest BCUT2D eigenvalue weighted by Gasteiger charge is 2.51. The van der Waals surface area contributed by atoms with Gasteiger partial charge in [0.15, 0.2) is 0 Å². The molecule has 0 unspecified atom stereocenters. The highest BCUT2D eigenvalue weighted by atomic mass is 19.1. The lowest BCUT2D eigenvalue weighted by molar-refractivity contribution is 0.00578. The summed E-state index contributed by atoms with van der Waals surface area (Å²) >= 11 is 0. The number of halogens is 1. The van der Waals surface area contributed by atoms with Gasteiger partial charge in [-0.1, -0.05) is 6.07 Å². The van der Waals surface area contributed by atoms with Crippen molar-refractivity contribution < 1.29 is 23.2 Å². The maximum absolute atomic E-state index is 14.3. The first-order valence-corrected chi connectivity index (χ1v) is 9.76. The van der Waals surface area contributed by atoms with Gasteiger partial charge in [0.1, 0.15) is 11.4 Å². The van der Waals surface area contributed by atoms with Gasteiger partial charge in [-0.15, -0.1) is 0 Å². The number of hydrogen-bond donors (Lipinski definition) is 0. The zero-order valence-corrected chi connectivity index (χ0v) is 18.6. The Bertz CT molecular complexity index is 712. The van der Waals surface area contributed by atoms with E-state index in [0.29, 0.717) is 11.0 Å². The Balaban J connectivity index is 2.26. The normalized spacial score (nSPS) is 18.5. The molecule has 1 fully saturated rings. The van der Waals surface area contributed by atoms with E-state index in [-0.39, 0.29) is 12.6 Å². The molecule has 28 heavy (non-hydrogen) atoms. The van der Waals surface area contributed by atoms with Crippen LogP contribution in [0.4, 0.5) is 9.18 Å². The van der Waals surface area contributed by atoms with Gasteiger partial charge in [0.2, 0.25) is 0 Å². The summed E-state index contributed by atoms with van der Waals surface area (Å²) in [5.74, 6) is -0.393. The van der Waals surface area contributed by atoms with Crippen LogP contribution in [0.3, 0.4) is 0 Å². The van der Waals surface area contributed by atoms with Crippen LogP contribution in [0.2, 0.25) is 0 Å². The maximum atomic E-state index is 14.3. The Morgan fingerprint density at radius 3 is 2.14 bits per heavy atom. The molecule has 0 aromatic heterocycles. The summed E-state index contributed by atoms with van der Waals surface area (Å²) in [5.41, 5.74) is -0.360. The minimum atomic E-state index is -0.659. The van der Waals surface area contributed by atoms with Crippen LogP contribution in [-0.4, -0.2) is 41.0 Å². The van der Waals surface area contributed by atoms with E-state index < -0.39 is 35.8 Å². The summed E-state index contributed by atoms with van der Waals surface area (Å²) in [7, 11) is -0.659. The molecule has 1 saturated heterocycles. The van der Waals surface area contributed by atoms with Crippen molar-refractivity contribution in [1.82, 2.24) is 4.90 Å². The van der Waals surface area contributed by atoms with E-state index in [9.17, 15) is 9.18 Å². The molecule has 1 aliphatic rings. The molecule has 1 aromatic rings. The third kappa shape index (κ3) is 5.26. The summed E-state index contributed by atoms with van der Waals surface area (Å²) in [6.45, 7) is 17.3. The lowest BCUT2D eigenvalue weighted by atomic mass is 9.78. The molecule has 0 aliphatic carbocycles. The Hall–Kier alpha value is -1.60. The number of nitrogens with zero attached hydrogens (tertiary/aromatic N) is 1. The first kappa shape index (κ1) is 22.7. The Morgan fingerprint density at radius 1 is 1.14 bits per heavy atom. The second-order valence-corrected chi connectivity index (χ2v) is 9.68. The van der Waals surface area contributed by atoms with Crippen molar-refractivity contribution in [1.29, 1.82) is 0 Å². The molecule has 1 amide bonds. The zero-order chi connectivity index (χ0) is 21.5. The van der Waals surface area contributed by atoms with Gasteiger partial charge in [-0.3, -0.25) is 0 Å². The Labute approximate surface area is 168 Å². The number of rotatable bonds is 4. The molecule has 0 saturated carbocycles. The first-order chi connectivity index (χ1) is 12.6. The number of benzene rings is 1.